The minimum Gasteiger partial charge on any atom is -0.324 e. The maximum Gasteiger partial charge on any atom is 0.238 e. The molecule has 2 N–H and O–H groups in total. The zero-order valence-corrected chi connectivity index (χ0v) is 13.6. The highest BCUT2D eigenvalue weighted by atomic mass is 79.9. The van der Waals surface area contributed by atoms with E-state index < -0.39 is 0 Å². The molecule has 1 aromatic carbocycles. The highest BCUT2D eigenvalue weighted by molar-refractivity contribution is 9.10. The number of hydrogen-bond donors (Lipinski definition) is 2. The van der Waals surface area contributed by atoms with Crippen LogP contribution in [0.15, 0.2) is 28.7 Å². The lowest BCUT2D eigenvalue weighted by Gasteiger charge is -2.29. The van der Waals surface area contributed by atoms with E-state index >= 15 is 0 Å². The third kappa shape index (κ3) is 4.60. The average molecular weight is 339 g/mol. The van der Waals surface area contributed by atoms with Gasteiger partial charge < -0.3 is 10.6 Å². The molecular formula is C16H23BrN2O. The van der Waals surface area contributed by atoms with Crippen molar-refractivity contribution in [3.8, 4) is 0 Å². The number of halogens is 1. The van der Waals surface area contributed by atoms with Crippen molar-refractivity contribution < 1.29 is 4.79 Å². The van der Waals surface area contributed by atoms with Gasteiger partial charge in [-0.1, -0.05) is 38.3 Å². The molecule has 0 heterocycles. The fraction of sp³-hybridized carbons (Fsp3) is 0.562. The summed E-state index contributed by atoms with van der Waals surface area (Å²) in [5.41, 5.74) is 0.828. The number of anilines is 1. The first kappa shape index (κ1) is 15.5. The van der Waals surface area contributed by atoms with Crippen molar-refractivity contribution in [1.82, 2.24) is 5.32 Å². The molecular weight excluding hydrogens is 316 g/mol. The van der Waals surface area contributed by atoms with Crippen molar-refractivity contribution in [2.75, 3.05) is 11.9 Å². The number of benzene rings is 1. The van der Waals surface area contributed by atoms with Gasteiger partial charge in [0.25, 0.3) is 0 Å². The molecule has 1 aromatic rings. The van der Waals surface area contributed by atoms with E-state index in [-0.39, 0.29) is 5.91 Å². The first-order valence-electron chi connectivity index (χ1n) is 7.46. The van der Waals surface area contributed by atoms with Gasteiger partial charge in [-0.15, -0.1) is 0 Å². The van der Waals surface area contributed by atoms with Crippen LogP contribution in [-0.4, -0.2) is 18.5 Å². The summed E-state index contributed by atoms with van der Waals surface area (Å²) in [5.74, 6) is 0.850. The highest BCUT2D eigenvalue weighted by Crippen LogP contribution is 2.26. The predicted molar refractivity (Wildman–Crippen MR) is 86.8 cm³/mol. The Bertz CT molecular complexity index is 450. The Hall–Kier alpha value is -0.870. The Labute approximate surface area is 129 Å². The molecule has 1 saturated carbocycles. The molecule has 0 radical (unpaired) electrons. The van der Waals surface area contributed by atoms with Crippen LogP contribution in [0.4, 0.5) is 5.69 Å². The third-order valence-corrected chi connectivity index (χ3v) is 4.75. The van der Waals surface area contributed by atoms with Gasteiger partial charge in [-0.3, -0.25) is 4.79 Å². The van der Waals surface area contributed by atoms with E-state index in [1.54, 1.807) is 0 Å². The molecule has 2 unspecified atom stereocenters. The first-order valence-corrected chi connectivity index (χ1v) is 8.26. The van der Waals surface area contributed by atoms with E-state index in [2.05, 4.69) is 33.5 Å². The minimum absolute atomic E-state index is 0.0236. The quantitative estimate of drug-likeness (QED) is 0.853. The smallest absolute Gasteiger partial charge is 0.238 e. The maximum atomic E-state index is 12.0. The van der Waals surface area contributed by atoms with Crippen LogP contribution in [0, 0.1) is 5.92 Å². The van der Waals surface area contributed by atoms with Crippen LogP contribution in [0.1, 0.15) is 39.0 Å². The van der Waals surface area contributed by atoms with Gasteiger partial charge in [0.2, 0.25) is 5.91 Å². The zero-order valence-electron chi connectivity index (χ0n) is 12.0. The molecule has 20 heavy (non-hydrogen) atoms. The molecule has 4 heteroatoms. The summed E-state index contributed by atoms with van der Waals surface area (Å²) < 4.78 is 0.914. The molecule has 2 rings (SSSR count). The molecule has 0 saturated heterocycles. The number of nitrogens with one attached hydrogen (secondary N) is 2. The fourth-order valence-electron chi connectivity index (χ4n) is 2.84. The first-order chi connectivity index (χ1) is 9.69. The van der Waals surface area contributed by atoms with Gasteiger partial charge in [-0.05, 0) is 46.8 Å². The number of carbonyl (C=O) groups is 1. The topological polar surface area (TPSA) is 41.1 Å². The van der Waals surface area contributed by atoms with E-state index in [4.69, 9.17) is 0 Å². The van der Waals surface area contributed by atoms with Crippen molar-refractivity contribution >= 4 is 27.5 Å². The van der Waals surface area contributed by atoms with Gasteiger partial charge >= 0.3 is 0 Å². The van der Waals surface area contributed by atoms with E-state index in [9.17, 15) is 4.79 Å². The summed E-state index contributed by atoms with van der Waals surface area (Å²) in [6.45, 7) is 2.65. The standard InChI is InChI=1S/C16H23BrN2O/c1-2-12-6-5-7-13(10-12)18-11-16(20)19-15-9-4-3-8-14(15)17/h3-4,8-9,12-13,18H,2,5-7,10-11H2,1H3,(H,19,20). The Morgan fingerprint density at radius 3 is 2.90 bits per heavy atom. The number of amides is 1. The summed E-state index contributed by atoms with van der Waals surface area (Å²) in [7, 11) is 0. The van der Waals surface area contributed by atoms with E-state index in [0.717, 1.165) is 16.1 Å². The normalized spacial score (nSPS) is 22.5. The van der Waals surface area contributed by atoms with Crippen molar-refractivity contribution in [3.05, 3.63) is 28.7 Å². The Balaban J connectivity index is 1.76. The third-order valence-electron chi connectivity index (χ3n) is 4.06. The van der Waals surface area contributed by atoms with Crippen LogP contribution in [0.25, 0.3) is 0 Å². The number of hydrogen-bond acceptors (Lipinski definition) is 2. The predicted octanol–water partition coefficient (Wildman–Crippen LogP) is 3.95. The highest BCUT2D eigenvalue weighted by Gasteiger charge is 2.20. The van der Waals surface area contributed by atoms with Gasteiger partial charge in [0, 0.05) is 10.5 Å². The van der Waals surface area contributed by atoms with Crippen molar-refractivity contribution in [1.29, 1.82) is 0 Å². The molecule has 1 aliphatic carbocycles. The molecule has 0 spiro atoms. The van der Waals surface area contributed by atoms with E-state index in [1.165, 1.54) is 32.1 Å². The molecule has 3 nitrogen and oxygen atoms in total. The molecule has 110 valence electrons. The molecule has 1 aliphatic rings. The number of para-hydroxylation sites is 1. The Kier molecular flexibility index (Phi) is 6.05. The molecule has 2 atom stereocenters. The second-order valence-corrected chi connectivity index (χ2v) is 6.40. The summed E-state index contributed by atoms with van der Waals surface area (Å²) in [6, 6.07) is 8.18. The van der Waals surface area contributed by atoms with Gasteiger partial charge in [0.15, 0.2) is 0 Å². The lowest BCUT2D eigenvalue weighted by Crippen LogP contribution is -2.39. The summed E-state index contributed by atoms with van der Waals surface area (Å²) in [5, 5.41) is 6.32. The summed E-state index contributed by atoms with van der Waals surface area (Å²) in [6.07, 6.45) is 6.28. The molecule has 0 aromatic heterocycles. The Morgan fingerprint density at radius 2 is 2.15 bits per heavy atom. The summed E-state index contributed by atoms with van der Waals surface area (Å²) in [4.78, 5) is 12.0. The summed E-state index contributed by atoms with van der Waals surface area (Å²) >= 11 is 3.43. The van der Waals surface area contributed by atoms with E-state index in [1.807, 2.05) is 24.3 Å². The lowest BCUT2D eigenvalue weighted by atomic mass is 9.84. The van der Waals surface area contributed by atoms with Crippen LogP contribution < -0.4 is 10.6 Å². The molecule has 1 amide bonds. The van der Waals surface area contributed by atoms with E-state index in [0.29, 0.717) is 12.6 Å². The van der Waals surface area contributed by atoms with Crippen LogP contribution in [0.3, 0.4) is 0 Å². The van der Waals surface area contributed by atoms with Crippen molar-refractivity contribution in [2.24, 2.45) is 5.92 Å². The monoisotopic (exact) mass is 338 g/mol. The number of rotatable bonds is 5. The van der Waals surface area contributed by atoms with Crippen molar-refractivity contribution in [2.45, 2.75) is 45.1 Å². The van der Waals surface area contributed by atoms with Crippen LogP contribution in [0.2, 0.25) is 0 Å². The SMILES string of the molecule is CCC1CCCC(NCC(=O)Nc2ccccc2Br)C1. The van der Waals surface area contributed by atoms with Gasteiger partial charge in [-0.2, -0.15) is 0 Å². The minimum atomic E-state index is 0.0236. The largest absolute Gasteiger partial charge is 0.324 e. The second-order valence-electron chi connectivity index (χ2n) is 5.55. The average Bonchev–Trinajstić information content (AvgIpc) is 2.48. The Morgan fingerprint density at radius 1 is 1.35 bits per heavy atom. The van der Waals surface area contributed by atoms with Crippen LogP contribution in [0.5, 0.6) is 0 Å². The maximum absolute atomic E-state index is 12.0. The van der Waals surface area contributed by atoms with Crippen LogP contribution in [-0.2, 0) is 4.79 Å². The lowest BCUT2D eigenvalue weighted by molar-refractivity contribution is -0.115. The van der Waals surface area contributed by atoms with Crippen LogP contribution >= 0.6 is 15.9 Å². The van der Waals surface area contributed by atoms with Gasteiger partial charge in [0.05, 0.1) is 12.2 Å². The molecule has 0 aliphatic heterocycles. The molecule has 0 bridgehead atoms. The molecule has 1 fully saturated rings. The number of carbonyl (C=O) groups excluding carboxylic acids is 1. The second kappa shape index (κ2) is 7.79. The van der Waals surface area contributed by atoms with Gasteiger partial charge in [0.1, 0.15) is 0 Å². The van der Waals surface area contributed by atoms with Gasteiger partial charge in [-0.25, -0.2) is 0 Å². The fourth-order valence-corrected chi connectivity index (χ4v) is 3.23. The zero-order chi connectivity index (χ0) is 14.4. The van der Waals surface area contributed by atoms with Crippen molar-refractivity contribution in [3.63, 3.8) is 0 Å².